The smallest absolute Gasteiger partial charge is 0.318 e. The maximum Gasteiger partial charge on any atom is 0.318 e. The molecule has 35 heavy (non-hydrogen) atoms. The van der Waals surface area contributed by atoms with Crippen molar-refractivity contribution in [2.24, 2.45) is 0 Å². The molecule has 1 aromatic heterocycles. The van der Waals surface area contributed by atoms with E-state index >= 15 is 8.78 Å². The summed E-state index contributed by atoms with van der Waals surface area (Å²) in [6, 6.07) is 4.68. The number of halogens is 4. The number of rotatable bonds is 2. The fourth-order valence-electron chi connectivity index (χ4n) is 4.85. The zero-order valence-corrected chi connectivity index (χ0v) is 19.1. The summed E-state index contributed by atoms with van der Waals surface area (Å²) in [5.41, 5.74) is -0.906. The van der Waals surface area contributed by atoms with E-state index in [1.165, 1.54) is 19.2 Å². The van der Waals surface area contributed by atoms with Crippen LogP contribution in [0.15, 0.2) is 24.3 Å². The molecular weight excluding hydrogens is 485 g/mol. The van der Waals surface area contributed by atoms with Crippen molar-refractivity contribution in [1.82, 2.24) is 15.3 Å². The van der Waals surface area contributed by atoms with Crippen LogP contribution in [0.3, 0.4) is 0 Å². The van der Waals surface area contributed by atoms with Gasteiger partial charge in [-0.1, -0.05) is 17.7 Å². The quantitative estimate of drug-likeness (QED) is 0.420. The predicted molar refractivity (Wildman–Crippen MR) is 125 cm³/mol. The lowest BCUT2D eigenvalue weighted by Gasteiger charge is -2.35. The van der Waals surface area contributed by atoms with Crippen molar-refractivity contribution < 1.29 is 27.8 Å². The highest BCUT2D eigenvalue weighted by atomic mass is 35.5. The summed E-state index contributed by atoms with van der Waals surface area (Å²) in [6.07, 6.45) is 0. The van der Waals surface area contributed by atoms with Crippen molar-refractivity contribution >= 4 is 39.1 Å². The standard InChI is InChI=1S/C24H18ClF3N4O3/c1-34-24-30-21-17-22(35-9-11-8-29-4-5-32(11)23(17)31-24)20(28)16(19(21)27)13-7-12(33)6-10-2-3-14(26)18(25)15(10)13/h2-3,6-7,11,29,33H,4-5,8-9H2,1H3/t11-/m0/s1. The van der Waals surface area contributed by atoms with E-state index in [0.29, 0.717) is 30.8 Å². The Labute approximate surface area is 202 Å². The number of aromatic nitrogens is 2. The van der Waals surface area contributed by atoms with Crippen LogP contribution < -0.4 is 19.7 Å². The van der Waals surface area contributed by atoms with Crippen LogP contribution in [-0.2, 0) is 0 Å². The van der Waals surface area contributed by atoms with E-state index in [2.05, 4.69) is 15.3 Å². The Bertz CT molecular complexity index is 1530. The van der Waals surface area contributed by atoms with Gasteiger partial charge in [-0.05, 0) is 23.6 Å². The minimum Gasteiger partial charge on any atom is -0.508 e. The van der Waals surface area contributed by atoms with Crippen LogP contribution in [0.4, 0.5) is 19.0 Å². The summed E-state index contributed by atoms with van der Waals surface area (Å²) >= 11 is 6.23. The lowest BCUT2D eigenvalue weighted by Crippen LogP contribution is -2.53. The Hall–Kier alpha value is -3.50. The number of benzene rings is 3. The SMILES string of the molecule is COc1nc2c3c(c(F)c(-c4cc(O)cc5ccc(F)c(Cl)c45)c(F)c3n1)OC[C@@H]1CNCCN21. The van der Waals surface area contributed by atoms with E-state index < -0.39 is 23.0 Å². The molecule has 0 radical (unpaired) electrons. The van der Waals surface area contributed by atoms with Crippen LogP contribution in [0.2, 0.25) is 5.02 Å². The van der Waals surface area contributed by atoms with Crippen molar-refractivity contribution in [3.63, 3.8) is 0 Å². The molecule has 1 atom stereocenters. The molecule has 3 heterocycles. The molecule has 11 heteroatoms. The Kier molecular flexibility index (Phi) is 5.05. The highest BCUT2D eigenvalue weighted by Gasteiger charge is 2.35. The van der Waals surface area contributed by atoms with Gasteiger partial charge in [0.15, 0.2) is 17.4 Å². The first kappa shape index (κ1) is 22.0. The van der Waals surface area contributed by atoms with E-state index in [0.717, 1.165) is 12.1 Å². The number of hydrogen-bond acceptors (Lipinski definition) is 7. The van der Waals surface area contributed by atoms with Gasteiger partial charge in [0.2, 0.25) is 0 Å². The number of aromatic hydroxyl groups is 1. The Morgan fingerprint density at radius 3 is 2.80 bits per heavy atom. The molecular formula is C24H18ClF3N4O3. The highest BCUT2D eigenvalue weighted by molar-refractivity contribution is 6.37. The summed E-state index contributed by atoms with van der Waals surface area (Å²) in [4.78, 5) is 10.5. The highest BCUT2D eigenvalue weighted by Crippen LogP contribution is 2.47. The summed E-state index contributed by atoms with van der Waals surface area (Å²) in [5, 5.41) is 13.7. The average Bonchev–Trinajstić information content (AvgIpc) is 3.02. The molecule has 4 aromatic rings. The molecule has 0 spiro atoms. The van der Waals surface area contributed by atoms with Gasteiger partial charge in [-0.25, -0.2) is 13.2 Å². The molecule has 1 fully saturated rings. The summed E-state index contributed by atoms with van der Waals surface area (Å²) < 4.78 is 57.9. The second kappa shape index (κ2) is 8.03. The lowest BCUT2D eigenvalue weighted by molar-refractivity contribution is 0.264. The first-order chi connectivity index (χ1) is 16.9. The van der Waals surface area contributed by atoms with Crippen LogP contribution in [-0.4, -0.2) is 54.5 Å². The monoisotopic (exact) mass is 502 g/mol. The van der Waals surface area contributed by atoms with E-state index in [4.69, 9.17) is 21.1 Å². The zero-order chi connectivity index (χ0) is 24.4. The average molecular weight is 503 g/mol. The number of hydrogen-bond donors (Lipinski definition) is 2. The Morgan fingerprint density at radius 2 is 2.00 bits per heavy atom. The molecule has 6 rings (SSSR count). The number of phenols is 1. The molecule has 0 saturated carbocycles. The van der Waals surface area contributed by atoms with Crippen molar-refractivity contribution in [2.45, 2.75) is 6.04 Å². The predicted octanol–water partition coefficient (Wildman–Crippen LogP) is 4.41. The molecule has 2 aliphatic rings. The van der Waals surface area contributed by atoms with Gasteiger partial charge in [0.25, 0.3) is 0 Å². The first-order valence-electron chi connectivity index (χ1n) is 10.9. The summed E-state index contributed by atoms with van der Waals surface area (Å²) in [5.74, 6) is -3.02. The fourth-order valence-corrected chi connectivity index (χ4v) is 5.13. The minimum atomic E-state index is -1.03. The van der Waals surface area contributed by atoms with Crippen LogP contribution in [0, 0.1) is 17.5 Å². The lowest BCUT2D eigenvalue weighted by atomic mass is 9.95. The van der Waals surface area contributed by atoms with Crippen molar-refractivity contribution in [3.05, 3.63) is 46.7 Å². The third kappa shape index (κ3) is 3.24. The second-order valence-electron chi connectivity index (χ2n) is 8.40. The molecule has 0 bridgehead atoms. The number of nitrogens with zero attached hydrogens (tertiary/aromatic N) is 3. The minimum absolute atomic E-state index is 0.0466. The van der Waals surface area contributed by atoms with Crippen LogP contribution in [0.25, 0.3) is 32.8 Å². The molecule has 2 N–H and O–H groups in total. The van der Waals surface area contributed by atoms with E-state index in [1.807, 2.05) is 4.90 Å². The van der Waals surface area contributed by atoms with Gasteiger partial charge in [0.1, 0.15) is 29.5 Å². The van der Waals surface area contributed by atoms with Gasteiger partial charge in [0.05, 0.1) is 29.1 Å². The molecule has 0 aliphatic carbocycles. The molecule has 0 unspecified atom stereocenters. The molecule has 7 nitrogen and oxygen atoms in total. The molecule has 180 valence electrons. The Balaban J connectivity index is 1.74. The van der Waals surface area contributed by atoms with Crippen LogP contribution >= 0.6 is 11.6 Å². The van der Waals surface area contributed by atoms with E-state index in [9.17, 15) is 9.50 Å². The normalized spacial score (nSPS) is 17.3. The van der Waals surface area contributed by atoms with Crippen LogP contribution in [0.5, 0.6) is 17.5 Å². The number of fused-ring (bicyclic) bond motifs is 3. The van der Waals surface area contributed by atoms with Gasteiger partial charge in [-0.15, -0.1) is 0 Å². The number of phenolic OH excluding ortho intramolecular Hbond substituents is 1. The fraction of sp³-hybridized carbons (Fsp3) is 0.250. The number of ether oxygens (including phenoxy) is 2. The van der Waals surface area contributed by atoms with Gasteiger partial charge < -0.3 is 24.8 Å². The van der Waals surface area contributed by atoms with Crippen molar-refractivity contribution in [2.75, 3.05) is 38.3 Å². The number of nitrogens with one attached hydrogen (secondary N) is 1. The maximum atomic E-state index is 16.2. The van der Waals surface area contributed by atoms with Gasteiger partial charge >= 0.3 is 6.01 Å². The van der Waals surface area contributed by atoms with E-state index in [-0.39, 0.29) is 57.0 Å². The molecule has 3 aromatic carbocycles. The third-order valence-electron chi connectivity index (χ3n) is 6.43. The Morgan fingerprint density at radius 1 is 1.17 bits per heavy atom. The van der Waals surface area contributed by atoms with Crippen molar-refractivity contribution in [3.8, 4) is 28.6 Å². The number of methoxy groups -OCH3 is 1. The number of anilines is 1. The molecule has 0 amide bonds. The van der Waals surface area contributed by atoms with Gasteiger partial charge in [-0.3, -0.25) is 0 Å². The first-order valence-corrected chi connectivity index (χ1v) is 11.2. The summed E-state index contributed by atoms with van der Waals surface area (Å²) in [7, 11) is 1.35. The number of piperazine rings is 1. The van der Waals surface area contributed by atoms with E-state index in [1.54, 1.807) is 0 Å². The zero-order valence-electron chi connectivity index (χ0n) is 18.3. The van der Waals surface area contributed by atoms with Gasteiger partial charge in [0, 0.05) is 30.6 Å². The summed E-state index contributed by atoms with van der Waals surface area (Å²) in [6.45, 7) is 1.87. The van der Waals surface area contributed by atoms with Gasteiger partial charge in [-0.2, -0.15) is 9.97 Å². The molecule has 1 saturated heterocycles. The van der Waals surface area contributed by atoms with Crippen LogP contribution in [0.1, 0.15) is 0 Å². The maximum absolute atomic E-state index is 16.2. The molecule has 2 aliphatic heterocycles. The second-order valence-corrected chi connectivity index (χ2v) is 8.78. The third-order valence-corrected chi connectivity index (χ3v) is 6.80. The largest absolute Gasteiger partial charge is 0.508 e. The topological polar surface area (TPSA) is 79.7 Å². The van der Waals surface area contributed by atoms with Crippen molar-refractivity contribution in [1.29, 1.82) is 0 Å².